The summed E-state index contributed by atoms with van der Waals surface area (Å²) in [5.74, 6) is 0.961. The molecule has 3 heteroatoms. The van der Waals surface area contributed by atoms with E-state index in [-0.39, 0.29) is 0 Å². The van der Waals surface area contributed by atoms with E-state index in [4.69, 9.17) is 4.74 Å². The lowest BCUT2D eigenvalue weighted by molar-refractivity contribution is 0.138. The Morgan fingerprint density at radius 2 is 2.24 bits per heavy atom. The van der Waals surface area contributed by atoms with E-state index in [1.54, 1.807) is 7.11 Å². The van der Waals surface area contributed by atoms with Crippen LogP contribution in [0, 0.1) is 0 Å². The van der Waals surface area contributed by atoms with Gasteiger partial charge in [0.25, 0.3) is 0 Å². The Morgan fingerprint density at radius 1 is 1.38 bits per heavy atom. The predicted molar refractivity (Wildman–Crippen MR) is 89.0 cm³/mol. The molecule has 0 bridgehead atoms. The van der Waals surface area contributed by atoms with Crippen LogP contribution in [0.15, 0.2) is 24.3 Å². The smallest absolute Gasteiger partial charge is 0.119 e. The number of hydrogen-bond donors (Lipinski definition) is 1. The molecule has 1 aliphatic heterocycles. The molecule has 1 fully saturated rings. The number of rotatable bonds is 7. The molecule has 2 rings (SSSR count). The molecule has 0 saturated carbocycles. The van der Waals surface area contributed by atoms with Crippen molar-refractivity contribution in [3.63, 3.8) is 0 Å². The van der Waals surface area contributed by atoms with Crippen LogP contribution < -0.4 is 10.1 Å². The molecule has 1 heterocycles. The van der Waals surface area contributed by atoms with Gasteiger partial charge in [-0.05, 0) is 63.4 Å². The van der Waals surface area contributed by atoms with Gasteiger partial charge in [-0.1, -0.05) is 19.1 Å². The fraction of sp³-hybridized carbons (Fsp3) is 0.667. The van der Waals surface area contributed by atoms with Gasteiger partial charge in [-0.15, -0.1) is 0 Å². The third kappa shape index (κ3) is 5.01. The standard InChI is InChI=1S/C18H30N2O/c1-4-10-19-17-9-12-20(15(2)13-17)11-8-16-6-5-7-18(14-16)21-3/h5-7,14-15,17,19H,4,8-13H2,1-3H3. The summed E-state index contributed by atoms with van der Waals surface area (Å²) in [5, 5.41) is 3.67. The van der Waals surface area contributed by atoms with Crippen molar-refractivity contribution in [2.24, 2.45) is 0 Å². The van der Waals surface area contributed by atoms with Gasteiger partial charge in [0.15, 0.2) is 0 Å². The van der Waals surface area contributed by atoms with Crippen molar-refractivity contribution in [1.82, 2.24) is 10.2 Å². The zero-order valence-electron chi connectivity index (χ0n) is 13.8. The fourth-order valence-corrected chi connectivity index (χ4v) is 3.19. The number of hydrogen-bond acceptors (Lipinski definition) is 3. The molecule has 1 aromatic rings. The van der Waals surface area contributed by atoms with Gasteiger partial charge in [-0.2, -0.15) is 0 Å². The SMILES string of the molecule is CCCNC1CCN(CCc2cccc(OC)c2)C(C)C1. The number of methoxy groups -OCH3 is 1. The van der Waals surface area contributed by atoms with Gasteiger partial charge in [0, 0.05) is 18.6 Å². The number of benzene rings is 1. The van der Waals surface area contributed by atoms with Crippen LogP contribution in [-0.2, 0) is 6.42 Å². The number of ether oxygens (including phenoxy) is 1. The van der Waals surface area contributed by atoms with Crippen LogP contribution in [0.2, 0.25) is 0 Å². The van der Waals surface area contributed by atoms with E-state index >= 15 is 0 Å². The summed E-state index contributed by atoms with van der Waals surface area (Å²) in [6.07, 6.45) is 4.89. The van der Waals surface area contributed by atoms with Crippen LogP contribution >= 0.6 is 0 Å². The highest BCUT2D eigenvalue weighted by molar-refractivity contribution is 5.28. The maximum Gasteiger partial charge on any atom is 0.119 e. The molecule has 2 atom stereocenters. The Morgan fingerprint density at radius 3 is 2.95 bits per heavy atom. The van der Waals surface area contributed by atoms with E-state index < -0.39 is 0 Å². The lowest BCUT2D eigenvalue weighted by Gasteiger charge is -2.38. The van der Waals surface area contributed by atoms with Crippen molar-refractivity contribution in [3.8, 4) is 5.75 Å². The van der Waals surface area contributed by atoms with Gasteiger partial charge >= 0.3 is 0 Å². The van der Waals surface area contributed by atoms with Crippen molar-refractivity contribution < 1.29 is 4.74 Å². The van der Waals surface area contributed by atoms with Crippen molar-refractivity contribution in [2.75, 3.05) is 26.7 Å². The zero-order valence-corrected chi connectivity index (χ0v) is 13.8. The van der Waals surface area contributed by atoms with E-state index in [0.717, 1.165) is 25.3 Å². The lowest BCUT2D eigenvalue weighted by atomic mass is 9.97. The minimum absolute atomic E-state index is 0.679. The second kappa shape index (κ2) is 8.40. The van der Waals surface area contributed by atoms with Crippen molar-refractivity contribution in [1.29, 1.82) is 0 Å². The Bertz CT molecular complexity index is 421. The molecule has 1 N–H and O–H groups in total. The number of piperidine rings is 1. The topological polar surface area (TPSA) is 24.5 Å². The Labute approximate surface area is 129 Å². The fourth-order valence-electron chi connectivity index (χ4n) is 3.19. The summed E-state index contributed by atoms with van der Waals surface area (Å²) < 4.78 is 5.30. The minimum Gasteiger partial charge on any atom is -0.497 e. The maximum atomic E-state index is 5.30. The zero-order chi connectivity index (χ0) is 15.1. The third-order valence-corrected chi connectivity index (χ3v) is 4.52. The van der Waals surface area contributed by atoms with Crippen LogP contribution in [0.4, 0.5) is 0 Å². The molecule has 1 aromatic carbocycles. The first-order valence-electron chi connectivity index (χ1n) is 8.33. The Hall–Kier alpha value is -1.06. The van der Waals surface area contributed by atoms with Crippen LogP contribution in [0.3, 0.4) is 0 Å². The monoisotopic (exact) mass is 290 g/mol. The van der Waals surface area contributed by atoms with E-state index in [2.05, 4.69) is 42.3 Å². The van der Waals surface area contributed by atoms with E-state index in [9.17, 15) is 0 Å². The molecule has 21 heavy (non-hydrogen) atoms. The van der Waals surface area contributed by atoms with Gasteiger partial charge in [0.1, 0.15) is 5.75 Å². The molecule has 3 nitrogen and oxygen atoms in total. The highest BCUT2D eigenvalue weighted by atomic mass is 16.5. The van der Waals surface area contributed by atoms with Gasteiger partial charge in [0.05, 0.1) is 7.11 Å². The Kier molecular flexibility index (Phi) is 6.52. The molecule has 0 radical (unpaired) electrons. The lowest BCUT2D eigenvalue weighted by Crippen LogP contribution is -2.48. The normalized spacial score (nSPS) is 23.2. The second-order valence-corrected chi connectivity index (χ2v) is 6.16. The van der Waals surface area contributed by atoms with Crippen LogP contribution in [0.5, 0.6) is 5.75 Å². The summed E-state index contributed by atoms with van der Waals surface area (Å²) in [6, 6.07) is 9.84. The molecule has 1 aliphatic rings. The summed E-state index contributed by atoms with van der Waals surface area (Å²) in [4.78, 5) is 2.63. The molecule has 118 valence electrons. The van der Waals surface area contributed by atoms with Crippen molar-refractivity contribution >= 4 is 0 Å². The van der Waals surface area contributed by atoms with Gasteiger partial charge < -0.3 is 15.0 Å². The summed E-state index contributed by atoms with van der Waals surface area (Å²) >= 11 is 0. The van der Waals surface area contributed by atoms with E-state index in [0.29, 0.717) is 12.1 Å². The first kappa shape index (κ1) is 16.3. The molecule has 0 amide bonds. The van der Waals surface area contributed by atoms with Crippen molar-refractivity contribution in [2.45, 2.75) is 51.6 Å². The maximum absolute atomic E-state index is 5.30. The molecule has 0 aliphatic carbocycles. The van der Waals surface area contributed by atoms with Crippen LogP contribution in [-0.4, -0.2) is 43.7 Å². The van der Waals surface area contributed by atoms with Crippen molar-refractivity contribution in [3.05, 3.63) is 29.8 Å². The van der Waals surface area contributed by atoms with Gasteiger partial charge in [0.2, 0.25) is 0 Å². The summed E-state index contributed by atoms with van der Waals surface area (Å²) in [5.41, 5.74) is 1.37. The van der Waals surface area contributed by atoms with Gasteiger partial charge in [-0.25, -0.2) is 0 Å². The average Bonchev–Trinajstić information content (AvgIpc) is 2.52. The first-order chi connectivity index (χ1) is 10.2. The molecule has 0 aromatic heterocycles. The van der Waals surface area contributed by atoms with Crippen LogP contribution in [0.25, 0.3) is 0 Å². The molecule has 0 spiro atoms. The summed E-state index contributed by atoms with van der Waals surface area (Å²) in [7, 11) is 1.73. The molecule has 1 saturated heterocycles. The highest BCUT2D eigenvalue weighted by Gasteiger charge is 2.24. The second-order valence-electron chi connectivity index (χ2n) is 6.16. The van der Waals surface area contributed by atoms with Gasteiger partial charge in [-0.3, -0.25) is 0 Å². The van der Waals surface area contributed by atoms with E-state index in [1.165, 1.54) is 31.4 Å². The highest BCUT2D eigenvalue weighted by Crippen LogP contribution is 2.19. The third-order valence-electron chi connectivity index (χ3n) is 4.52. The first-order valence-corrected chi connectivity index (χ1v) is 8.33. The molecular formula is C18H30N2O. The average molecular weight is 290 g/mol. The number of nitrogens with one attached hydrogen (secondary N) is 1. The largest absolute Gasteiger partial charge is 0.497 e. The number of nitrogens with zero attached hydrogens (tertiary/aromatic N) is 1. The minimum atomic E-state index is 0.679. The number of likely N-dealkylation sites (tertiary alicyclic amines) is 1. The Balaban J connectivity index is 1.78. The molecule has 2 unspecified atom stereocenters. The predicted octanol–water partition coefficient (Wildman–Crippen LogP) is 3.09. The summed E-state index contributed by atoms with van der Waals surface area (Å²) in [6.45, 7) is 8.12. The van der Waals surface area contributed by atoms with Crippen LogP contribution in [0.1, 0.15) is 38.7 Å². The van der Waals surface area contributed by atoms with E-state index in [1.807, 2.05) is 6.07 Å². The molecular weight excluding hydrogens is 260 g/mol. The quantitative estimate of drug-likeness (QED) is 0.835.